The highest BCUT2D eigenvalue weighted by atomic mass is 16.2. The molecular formula is C32H28N4O4. The highest BCUT2D eigenvalue weighted by molar-refractivity contribution is 6.00. The lowest BCUT2D eigenvalue weighted by molar-refractivity contribution is 0.0936. The molecule has 0 saturated carbocycles. The highest BCUT2D eigenvalue weighted by Crippen LogP contribution is 2.12. The molecule has 0 radical (unpaired) electrons. The van der Waals surface area contributed by atoms with Crippen LogP contribution in [0.4, 0.5) is 0 Å². The largest absolute Gasteiger partial charge is 0.348 e. The Labute approximate surface area is 231 Å². The molecule has 0 unspecified atom stereocenters. The first-order valence-electron chi connectivity index (χ1n) is 12.9. The molecule has 40 heavy (non-hydrogen) atoms. The molecule has 4 aromatic carbocycles. The minimum absolute atomic E-state index is 0.282. The van der Waals surface area contributed by atoms with Crippen LogP contribution in [-0.4, -0.2) is 23.6 Å². The van der Waals surface area contributed by atoms with Crippen LogP contribution < -0.4 is 21.3 Å². The zero-order valence-electron chi connectivity index (χ0n) is 21.7. The van der Waals surface area contributed by atoms with Crippen molar-refractivity contribution in [2.75, 3.05) is 0 Å². The number of carbonyl (C=O) groups excluding carboxylic acids is 4. The van der Waals surface area contributed by atoms with E-state index in [1.165, 1.54) is 0 Å². The van der Waals surface area contributed by atoms with Crippen molar-refractivity contribution in [3.05, 3.63) is 142 Å². The van der Waals surface area contributed by atoms with Crippen LogP contribution in [-0.2, 0) is 26.2 Å². The summed E-state index contributed by atoms with van der Waals surface area (Å²) in [6, 6.07) is 28.2. The van der Waals surface area contributed by atoms with E-state index in [9.17, 15) is 19.2 Å². The maximum absolute atomic E-state index is 12.8. The minimum Gasteiger partial charge on any atom is -0.348 e. The van der Waals surface area contributed by atoms with E-state index in [1.54, 1.807) is 48.5 Å². The summed E-state index contributed by atoms with van der Waals surface area (Å²) in [4.78, 5) is 51.3. The average molecular weight is 533 g/mol. The van der Waals surface area contributed by atoms with E-state index in [0.717, 1.165) is 22.3 Å². The van der Waals surface area contributed by atoms with Crippen LogP contribution in [0.2, 0.25) is 0 Å². The molecule has 0 aromatic heterocycles. The molecule has 8 heteroatoms. The summed E-state index contributed by atoms with van der Waals surface area (Å²) in [7, 11) is 0. The molecule has 5 rings (SSSR count). The zero-order chi connectivity index (χ0) is 27.9. The maximum Gasteiger partial charge on any atom is 0.251 e. The number of fused-ring (bicyclic) bond motifs is 8. The molecule has 0 spiro atoms. The number of carbonyl (C=O) groups is 4. The fourth-order valence-corrected chi connectivity index (χ4v) is 4.44. The molecule has 0 aliphatic carbocycles. The van der Waals surface area contributed by atoms with Crippen LogP contribution in [0.3, 0.4) is 0 Å². The van der Waals surface area contributed by atoms with E-state index in [-0.39, 0.29) is 49.8 Å². The lowest BCUT2D eigenvalue weighted by Gasteiger charge is -2.11. The standard InChI is InChI=1S/C32H28N4O4/c37-29-25-9-3-11-27(15-25)31(39)35-19-23-7-2-8-24(14-23)20-36-32(40)28-12-4-10-26(16-28)30(38)34-18-22-6-1-5-21(13-22)17-33-29/h1-16H,17-20H2,(H,33,37)(H,34,38)(H,35,39)(H,36,40). The van der Waals surface area contributed by atoms with Crippen molar-refractivity contribution in [2.45, 2.75) is 26.2 Å². The Morgan fingerprint density at radius 2 is 0.600 bits per heavy atom. The Morgan fingerprint density at radius 1 is 0.350 bits per heavy atom. The monoisotopic (exact) mass is 532 g/mol. The van der Waals surface area contributed by atoms with Gasteiger partial charge >= 0.3 is 0 Å². The molecule has 0 atom stereocenters. The van der Waals surface area contributed by atoms with Gasteiger partial charge < -0.3 is 21.3 Å². The summed E-state index contributed by atoms with van der Waals surface area (Å²) in [6.45, 7) is 1.13. The molecule has 1 aliphatic rings. The zero-order valence-corrected chi connectivity index (χ0v) is 21.7. The Bertz CT molecular complexity index is 1380. The van der Waals surface area contributed by atoms with Crippen LogP contribution in [0.25, 0.3) is 0 Å². The highest BCUT2D eigenvalue weighted by Gasteiger charge is 2.13. The van der Waals surface area contributed by atoms with Gasteiger partial charge in [0, 0.05) is 48.4 Å². The van der Waals surface area contributed by atoms with Crippen LogP contribution in [0.15, 0.2) is 97.1 Å². The van der Waals surface area contributed by atoms with Crippen molar-refractivity contribution < 1.29 is 19.2 Å². The number of hydrogen-bond donors (Lipinski definition) is 4. The summed E-state index contributed by atoms with van der Waals surface area (Å²) in [6.07, 6.45) is 0. The van der Waals surface area contributed by atoms with Gasteiger partial charge in [0.2, 0.25) is 0 Å². The summed E-state index contributed by atoms with van der Waals surface area (Å²) < 4.78 is 0. The number of hydrogen-bond acceptors (Lipinski definition) is 4. The first kappa shape index (κ1) is 26.4. The molecule has 4 aromatic rings. The predicted octanol–water partition coefficient (Wildman–Crippen LogP) is 3.72. The second kappa shape index (κ2) is 12.1. The van der Waals surface area contributed by atoms with E-state index in [1.807, 2.05) is 48.5 Å². The molecule has 1 heterocycles. The summed E-state index contributed by atoms with van der Waals surface area (Å²) in [5.41, 5.74) is 4.98. The molecule has 0 saturated heterocycles. The van der Waals surface area contributed by atoms with Crippen molar-refractivity contribution in [2.24, 2.45) is 0 Å². The molecule has 4 amide bonds. The summed E-state index contributed by atoms with van der Waals surface area (Å²) >= 11 is 0. The van der Waals surface area contributed by atoms with Crippen molar-refractivity contribution in [3.63, 3.8) is 0 Å². The first-order chi connectivity index (χ1) is 19.4. The lowest BCUT2D eigenvalue weighted by atomic mass is 10.1. The summed E-state index contributed by atoms with van der Waals surface area (Å²) in [5.74, 6) is -1.18. The number of rotatable bonds is 0. The summed E-state index contributed by atoms with van der Waals surface area (Å²) in [5, 5.41) is 11.6. The van der Waals surface area contributed by atoms with E-state index in [4.69, 9.17) is 0 Å². The maximum atomic E-state index is 12.8. The first-order valence-corrected chi connectivity index (χ1v) is 12.9. The minimum atomic E-state index is -0.294. The van der Waals surface area contributed by atoms with Crippen molar-refractivity contribution >= 4 is 23.6 Å². The van der Waals surface area contributed by atoms with Gasteiger partial charge in [0.15, 0.2) is 0 Å². The Kier molecular flexibility index (Phi) is 7.97. The van der Waals surface area contributed by atoms with Crippen molar-refractivity contribution in [3.8, 4) is 0 Å². The van der Waals surface area contributed by atoms with Crippen molar-refractivity contribution in [1.29, 1.82) is 0 Å². The third kappa shape index (κ3) is 6.60. The van der Waals surface area contributed by atoms with Gasteiger partial charge in [-0.05, 0) is 58.7 Å². The van der Waals surface area contributed by atoms with Crippen LogP contribution in [0.5, 0.6) is 0 Å². The van der Waals surface area contributed by atoms with Gasteiger partial charge in [0.25, 0.3) is 23.6 Å². The van der Waals surface area contributed by atoms with Gasteiger partial charge in [-0.15, -0.1) is 0 Å². The molecule has 1 aliphatic heterocycles. The van der Waals surface area contributed by atoms with E-state index >= 15 is 0 Å². The molecule has 0 fully saturated rings. The predicted molar refractivity (Wildman–Crippen MR) is 150 cm³/mol. The number of amides is 4. The van der Waals surface area contributed by atoms with Gasteiger partial charge in [-0.1, -0.05) is 60.7 Å². The van der Waals surface area contributed by atoms with Gasteiger partial charge in [-0.3, -0.25) is 19.2 Å². The Hall–Kier alpha value is -5.24. The fraction of sp³-hybridized carbons (Fsp3) is 0.125. The lowest BCUT2D eigenvalue weighted by Crippen LogP contribution is -2.26. The van der Waals surface area contributed by atoms with Crippen LogP contribution >= 0.6 is 0 Å². The number of nitrogens with one attached hydrogen (secondary N) is 4. The molecule has 8 bridgehead atoms. The van der Waals surface area contributed by atoms with Gasteiger partial charge in [0.1, 0.15) is 0 Å². The number of benzene rings is 4. The Balaban J connectivity index is 1.40. The second-order valence-electron chi connectivity index (χ2n) is 9.53. The normalized spacial score (nSPS) is 14.6. The third-order valence-corrected chi connectivity index (χ3v) is 6.57. The Morgan fingerprint density at radius 3 is 0.875 bits per heavy atom. The quantitative estimate of drug-likeness (QED) is 0.276. The molecule has 4 N–H and O–H groups in total. The van der Waals surface area contributed by atoms with Crippen LogP contribution in [0, 0.1) is 0 Å². The van der Waals surface area contributed by atoms with Gasteiger partial charge in [0.05, 0.1) is 0 Å². The molecular weight excluding hydrogens is 504 g/mol. The van der Waals surface area contributed by atoms with E-state index < -0.39 is 0 Å². The second-order valence-corrected chi connectivity index (χ2v) is 9.53. The molecule has 8 nitrogen and oxygen atoms in total. The average Bonchev–Trinajstić information content (AvgIpc) is 3.00. The third-order valence-electron chi connectivity index (χ3n) is 6.57. The van der Waals surface area contributed by atoms with Crippen molar-refractivity contribution in [1.82, 2.24) is 21.3 Å². The molecule has 200 valence electrons. The van der Waals surface area contributed by atoms with E-state index in [0.29, 0.717) is 22.3 Å². The SMILES string of the molecule is O=C1NCc2cccc(c2)CNC(=O)c2cccc(c2)C(=O)NCc2cccc(c2)CNC(=O)c2cccc1c2. The topological polar surface area (TPSA) is 116 Å². The van der Waals surface area contributed by atoms with E-state index in [2.05, 4.69) is 21.3 Å². The van der Waals surface area contributed by atoms with Crippen LogP contribution in [0.1, 0.15) is 63.7 Å². The van der Waals surface area contributed by atoms with Gasteiger partial charge in [-0.25, -0.2) is 0 Å². The fourth-order valence-electron chi connectivity index (χ4n) is 4.44. The van der Waals surface area contributed by atoms with Gasteiger partial charge in [-0.2, -0.15) is 0 Å². The smallest absolute Gasteiger partial charge is 0.251 e.